The second-order valence-corrected chi connectivity index (χ2v) is 10.1. The number of para-hydroxylation sites is 1. The maximum Gasteiger partial charge on any atom is 0.247 e. The summed E-state index contributed by atoms with van der Waals surface area (Å²) >= 11 is 0. The largest absolute Gasteiger partial charge is 0.308 e. The zero-order valence-corrected chi connectivity index (χ0v) is 17.9. The van der Waals surface area contributed by atoms with E-state index in [-0.39, 0.29) is 4.90 Å². The van der Waals surface area contributed by atoms with Crippen molar-refractivity contribution in [2.75, 3.05) is 5.32 Å². The van der Waals surface area contributed by atoms with Gasteiger partial charge in [0, 0.05) is 12.3 Å². The van der Waals surface area contributed by atoms with Gasteiger partial charge in [0.2, 0.25) is 5.91 Å². The van der Waals surface area contributed by atoms with Crippen molar-refractivity contribution in [3.63, 3.8) is 0 Å². The molecule has 0 radical (unpaired) electrons. The summed E-state index contributed by atoms with van der Waals surface area (Å²) in [6.07, 6.45) is 3.78. The van der Waals surface area contributed by atoms with Crippen molar-refractivity contribution in [2.24, 2.45) is 0 Å². The van der Waals surface area contributed by atoms with Gasteiger partial charge in [-0.15, -0.1) is 0 Å². The number of nitrogens with one attached hydrogen (secondary N) is 1. The number of hydrogen-bond acceptors (Lipinski definition) is 4. The van der Waals surface area contributed by atoms with Crippen molar-refractivity contribution < 1.29 is 13.2 Å². The first kappa shape index (κ1) is 20.3. The zero-order chi connectivity index (χ0) is 21.4. The van der Waals surface area contributed by atoms with E-state index in [9.17, 15) is 13.2 Å². The smallest absolute Gasteiger partial charge is 0.247 e. The van der Waals surface area contributed by atoms with E-state index in [0.717, 1.165) is 11.3 Å². The van der Waals surface area contributed by atoms with Crippen LogP contribution in [0, 0.1) is 13.8 Å². The lowest BCUT2D eigenvalue weighted by Gasteiger charge is -2.28. The van der Waals surface area contributed by atoms with Gasteiger partial charge in [0.1, 0.15) is 0 Å². The van der Waals surface area contributed by atoms with Crippen LogP contribution in [0.2, 0.25) is 0 Å². The Bertz CT molecular complexity index is 1180. The summed E-state index contributed by atoms with van der Waals surface area (Å²) in [7, 11) is -3.86. The molecule has 1 heterocycles. The number of aryl methyl sites for hydroxylation is 2. The van der Waals surface area contributed by atoms with Crippen LogP contribution in [0.3, 0.4) is 0 Å². The fourth-order valence-electron chi connectivity index (χ4n) is 4.12. The molecule has 2 aromatic carbocycles. The van der Waals surface area contributed by atoms with Gasteiger partial charge in [-0.2, -0.15) is 5.10 Å². The Morgan fingerprint density at radius 3 is 2.43 bits per heavy atom. The molecule has 30 heavy (non-hydrogen) atoms. The molecule has 7 heteroatoms. The summed E-state index contributed by atoms with van der Waals surface area (Å²) in [5, 5.41) is 7.17. The van der Waals surface area contributed by atoms with Crippen molar-refractivity contribution in [1.29, 1.82) is 0 Å². The van der Waals surface area contributed by atoms with Gasteiger partial charge in [0.25, 0.3) is 0 Å². The number of benzene rings is 2. The Balaban J connectivity index is 1.67. The molecule has 0 unspecified atom stereocenters. The van der Waals surface area contributed by atoms with Gasteiger partial charge in [-0.25, -0.2) is 13.1 Å². The van der Waals surface area contributed by atoms with Gasteiger partial charge in [0.15, 0.2) is 20.4 Å². The Morgan fingerprint density at radius 1 is 1.03 bits per heavy atom. The number of nitrogens with zero attached hydrogens (tertiary/aromatic N) is 2. The number of carbonyl (C=O) groups excluding carboxylic acids is 1. The number of rotatable bonds is 5. The Kier molecular flexibility index (Phi) is 5.24. The van der Waals surface area contributed by atoms with Gasteiger partial charge in [-0.3, -0.25) is 4.79 Å². The predicted molar refractivity (Wildman–Crippen MR) is 116 cm³/mol. The second-order valence-electron chi connectivity index (χ2n) is 7.91. The minimum Gasteiger partial charge on any atom is -0.308 e. The normalized spacial score (nSPS) is 15.8. The quantitative estimate of drug-likeness (QED) is 0.666. The van der Waals surface area contributed by atoms with Gasteiger partial charge >= 0.3 is 0 Å². The first-order valence-electron chi connectivity index (χ1n) is 10.1. The molecule has 1 N–H and O–H groups in total. The summed E-state index contributed by atoms with van der Waals surface area (Å²) in [4.78, 5) is 13.6. The Morgan fingerprint density at radius 2 is 1.73 bits per heavy atom. The van der Waals surface area contributed by atoms with Crippen LogP contribution in [-0.4, -0.2) is 28.9 Å². The van der Waals surface area contributed by atoms with E-state index in [4.69, 9.17) is 0 Å². The molecular weight excluding hydrogens is 398 g/mol. The number of carbonyl (C=O) groups is 1. The molecule has 1 amide bonds. The predicted octanol–water partition coefficient (Wildman–Crippen LogP) is 4.21. The van der Waals surface area contributed by atoms with Gasteiger partial charge in [-0.05, 0) is 56.0 Å². The molecule has 0 spiro atoms. The molecule has 0 aliphatic heterocycles. The summed E-state index contributed by atoms with van der Waals surface area (Å²) in [6.45, 7) is 3.63. The highest BCUT2D eigenvalue weighted by Crippen LogP contribution is 2.42. The van der Waals surface area contributed by atoms with E-state index in [1.807, 2.05) is 43.3 Å². The topological polar surface area (TPSA) is 81.1 Å². The van der Waals surface area contributed by atoms with Crippen LogP contribution >= 0.6 is 0 Å². The van der Waals surface area contributed by atoms with Crippen molar-refractivity contribution in [2.45, 2.75) is 49.2 Å². The third-order valence-corrected chi connectivity index (χ3v) is 8.47. The van der Waals surface area contributed by atoms with Crippen LogP contribution in [0.5, 0.6) is 0 Å². The number of aromatic nitrogens is 2. The van der Waals surface area contributed by atoms with E-state index in [1.54, 1.807) is 36.0 Å². The fourth-order valence-corrected chi connectivity index (χ4v) is 6.49. The van der Waals surface area contributed by atoms with E-state index in [1.165, 1.54) is 0 Å². The summed E-state index contributed by atoms with van der Waals surface area (Å²) < 4.78 is 27.6. The van der Waals surface area contributed by atoms with E-state index < -0.39 is 20.5 Å². The molecule has 0 bridgehead atoms. The molecule has 0 saturated heterocycles. The van der Waals surface area contributed by atoms with Gasteiger partial charge < -0.3 is 5.32 Å². The number of anilines is 1. The summed E-state index contributed by atoms with van der Waals surface area (Å²) in [5.74, 6) is -0.162. The molecule has 1 aromatic heterocycles. The second kappa shape index (κ2) is 7.72. The molecule has 6 nitrogen and oxygen atoms in total. The highest BCUT2D eigenvalue weighted by Gasteiger charge is 2.53. The molecule has 0 atom stereocenters. The molecule has 4 rings (SSSR count). The highest BCUT2D eigenvalue weighted by molar-refractivity contribution is 7.93. The van der Waals surface area contributed by atoms with Crippen LogP contribution in [0.4, 0.5) is 5.82 Å². The molecule has 156 valence electrons. The maximum absolute atomic E-state index is 13.7. The first-order valence-corrected chi connectivity index (χ1v) is 11.6. The van der Waals surface area contributed by atoms with Crippen LogP contribution in [0.15, 0.2) is 65.7 Å². The van der Waals surface area contributed by atoms with E-state index >= 15 is 0 Å². The summed E-state index contributed by atoms with van der Waals surface area (Å²) in [5.41, 5.74) is 2.37. The maximum atomic E-state index is 13.7. The Labute approximate surface area is 176 Å². The minimum atomic E-state index is -3.86. The van der Waals surface area contributed by atoms with Crippen LogP contribution in [0.1, 0.15) is 36.8 Å². The average Bonchev–Trinajstić information content (AvgIpc) is 3.41. The molecular formula is C23H25N3O3S. The lowest BCUT2D eigenvalue weighted by Crippen LogP contribution is -2.47. The average molecular weight is 424 g/mol. The highest BCUT2D eigenvalue weighted by atomic mass is 32.2. The van der Waals surface area contributed by atoms with Gasteiger partial charge in [0.05, 0.1) is 10.6 Å². The standard InChI is InChI=1S/C23H25N3O3S/c1-17-10-11-18(2)20(16-17)30(28,29)23(13-6-7-14-23)22(27)24-21-12-15-26(25-21)19-8-4-3-5-9-19/h3-5,8-12,15-16H,6-7,13-14H2,1-2H3,(H,24,25,27). The number of amides is 1. The molecule has 1 saturated carbocycles. The van der Waals surface area contributed by atoms with Crippen LogP contribution in [-0.2, 0) is 14.6 Å². The zero-order valence-electron chi connectivity index (χ0n) is 17.1. The SMILES string of the molecule is Cc1ccc(C)c(S(=O)(=O)C2(C(=O)Nc3ccn(-c4ccccc4)n3)CCCC2)c1. The first-order chi connectivity index (χ1) is 14.3. The number of hydrogen-bond donors (Lipinski definition) is 1. The van der Waals surface area contributed by atoms with Crippen molar-refractivity contribution >= 4 is 21.6 Å². The van der Waals surface area contributed by atoms with Crippen molar-refractivity contribution in [3.05, 3.63) is 71.9 Å². The third-order valence-electron chi connectivity index (χ3n) is 5.82. The lowest BCUT2D eigenvalue weighted by atomic mass is 10.1. The molecule has 3 aromatic rings. The molecule has 1 aliphatic rings. The minimum absolute atomic E-state index is 0.245. The third kappa shape index (κ3) is 3.43. The Hall–Kier alpha value is -2.93. The van der Waals surface area contributed by atoms with Gasteiger partial charge in [-0.1, -0.05) is 43.2 Å². The van der Waals surface area contributed by atoms with Crippen LogP contribution < -0.4 is 5.32 Å². The monoisotopic (exact) mass is 423 g/mol. The van der Waals surface area contributed by atoms with E-state index in [0.29, 0.717) is 37.1 Å². The number of sulfone groups is 1. The lowest BCUT2D eigenvalue weighted by molar-refractivity contribution is -0.118. The van der Waals surface area contributed by atoms with Crippen molar-refractivity contribution in [1.82, 2.24) is 9.78 Å². The summed E-state index contributed by atoms with van der Waals surface area (Å²) in [6, 6.07) is 16.6. The van der Waals surface area contributed by atoms with Crippen LogP contribution in [0.25, 0.3) is 5.69 Å². The molecule has 1 aliphatic carbocycles. The fraction of sp³-hybridized carbons (Fsp3) is 0.304. The van der Waals surface area contributed by atoms with E-state index in [2.05, 4.69) is 10.4 Å². The molecule has 1 fully saturated rings. The van der Waals surface area contributed by atoms with Crippen molar-refractivity contribution in [3.8, 4) is 5.69 Å².